The van der Waals surface area contributed by atoms with Gasteiger partial charge in [0.25, 0.3) is 0 Å². The molecule has 7 heteroatoms. The molecule has 0 aliphatic carbocycles. The lowest BCUT2D eigenvalue weighted by molar-refractivity contribution is 1.11. The number of nitrogen functional groups attached to an aromatic ring is 2. The van der Waals surface area contributed by atoms with Crippen molar-refractivity contribution in [3.05, 3.63) is 29.8 Å². The number of aromatic amines is 1. The molecular weight excluding hydrogens is 248 g/mol. The molecule has 0 radical (unpaired) electrons. The van der Waals surface area contributed by atoms with Crippen molar-refractivity contribution < 1.29 is 0 Å². The number of aromatic nitrogens is 2. The van der Waals surface area contributed by atoms with Crippen LogP contribution in [0.5, 0.6) is 0 Å². The molecule has 0 spiro atoms. The Labute approximate surface area is 109 Å². The lowest BCUT2D eigenvalue weighted by Gasteiger charge is -1.98. The summed E-state index contributed by atoms with van der Waals surface area (Å²) in [5, 5.41) is 14.3. The van der Waals surface area contributed by atoms with Crippen LogP contribution in [-0.2, 0) is 0 Å². The van der Waals surface area contributed by atoms with Crippen LogP contribution in [0.4, 0.5) is 23.0 Å². The zero-order valence-corrected chi connectivity index (χ0v) is 10.5. The lowest BCUT2D eigenvalue weighted by Crippen LogP contribution is -1.88. The van der Waals surface area contributed by atoms with Crippen LogP contribution in [0.15, 0.2) is 34.5 Å². The van der Waals surface area contributed by atoms with Crippen LogP contribution in [-0.4, -0.2) is 15.1 Å². The third kappa shape index (κ3) is 2.51. The van der Waals surface area contributed by atoms with Gasteiger partial charge in [0.15, 0.2) is 11.5 Å². The summed E-state index contributed by atoms with van der Waals surface area (Å²) in [4.78, 5) is 0.800. The highest BCUT2D eigenvalue weighted by molar-refractivity contribution is 7.80. The number of nitrogens with two attached hydrogens (primary N) is 2. The number of H-pyrrole nitrogens is 1. The fourth-order valence-electron chi connectivity index (χ4n) is 1.36. The Bertz CT molecular complexity index is 596. The summed E-state index contributed by atoms with van der Waals surface area (Å²) in [5.74, 6) is 0.511. The standard InChI is InChI=1S/C11H12N6S/c1-6(18)7-3-2-4-8(5-7)14-15-9-10(12)16-17-11(9)13/h2-5H,1H3,(H5,12,13,16,17). The molecule has 92 valence electrons. The van der Waals surface area contributed by atoms with Gasteiger partial charge in [0, 0.05) is 4.86 Å². The summed E-state index contributed by atoms with van der Waals surface area (Å²) < 4.78 is 0. The fraction of sp³-hybridized carbons (Fsp3) is 0.0909. The van der Waals surface area contributed by atoms with E-state index in [1.807, 2.05) is 31.2 Å². The molecule has 2 aromatic rings. The zero-order chi connectivity index (χ0) is 13.1. The molecule has 2 rings (SSSR count). The van der Waals surface area contributed by atoms with Crippen molar-refractivity contribution >= 4 is 40.1 Å². The normalized spacial score (nSPS) is 10.9. The molecule has 0 unspecified atom stereocenters. The molecule has 0 fully saturated rings. The molecule has 0 aliphatic heterocycles. The van der Waals surface area contributed by atoms with E-state index in [9.17, 15) is 0 Å². The molecule has 0 saturated carbocycles. The number of azo groups is 1. The van der Waals surface area contributed by atoms with Crippen molar-refractivity contribution in [3.8, 4) is 0 Å². The number of benzene rings is 1. The van der Waals surface area contributed by atoms with E-state index >= 15 is 0 Å². The first-order valence-corrected chi connectivity index (χ1v) is 5.61. The SMILES string of the molecule is CC(=S)c1cccc(N=Nc2c(N)n[nH]c2N)c1. The quantitative estimate of drug-likeness (QED) is 0.448. The number of nitrogens with one attached hydrogen (secondary N) is 1. The maximum absolute atomic E-state index is 5.61. The first-order valence-electron chi connectivity index (χ1n) is 5.20. The first-order chi connectivity index (χ1) is 8.58. The number of anilines is 2. The number of rotatable bonds is 3. The van der Waals surface area contributed by atoms with Gasteiger partial charge >= 0.3 is 0 Å². The molecule has 18 heavy (non-hydrogen) atoms. The highest BCUT2D eigenvalue weighted by Gasteiger charge is 2.06. The van der Waals surface area contributed by atoms with Crippen LogP contribution in [0.2, 0.25) is 0 Å². The Balaban J connectivity index is 2.29. The van der Waals surface area contributed by atoms with Crippen molar-refractivity contribution in [3.63, 3.8) is 0 Å². The summed E-state index contributed by atoms with van der Waals surface area (Å²) in [6, 6.07) is 7.44. The molecule has 1 aromatic carbocycles. The second-order valence-corrected chi connectivity index (χ2v) is 4.29. The van der Waals surface area contributed by atoms with E-state index < -0.39 is 0 Å². The van der Waals surface area contributed by atoms with E-state index in [4.69, 9.17) is 23.7 Å². The van der Waals surface area contributed by atoms with Gasteiger partial charge in [-0.3, -0.25) is 5.10 Å². The minimum absolute atomic E-state index is 0.221. The summed E-state index contributed by atoms with van der Waals surface area (Å²) in [7, 11) is 0. The first kappa shape index (κ1) is 12.2. The van der Waals surface area contributed by atoms with Gasteiger partial charge < -0.3 is 11.5 Å². The van der Waals surface area contributed by atoms with Crippen LogP contribution in [0, 0.1) is 0 Å². The molecule has 5 N–H and O–H groups in total. The number of hydrogen-bond acceptors (Lipinski definition) is 6. The molecule has 1 heterocycles. The van der Waals surface area contributed by atoms with E-state index in [0.717, 1.165) is 10.4 Å². The van der Waals surface area contributed by atoms with Crippen LogP contribution >= 0.6 is 12.2 Å². The van der Waals surface area contributed by atoms with Crippen LogP contribution < -0.4 is 11.5 Å². The molecule has 0 aliphatic rings. The zero-order valence-electron chi connectivity index (χ0n) is 9.71. The summed E-state index contributed by atoms with van der Waals surface area (Å²) in [5.41, 5.74) is 13.2. The van der Waals surface area contributed by atoms with E-state index in [1.165, 1.54) is 0 Å². The summed E-state index contributed by atoms with van der Waals surface area (Å²) >= 11 is 5.10. The van der Waals surface area contributed by atoms with E-state index in [1.54, 1.807) is 0 Å². The van der Waals surface area contributed by atoms with Crippen LogP contribution in [0.3, 0.4) is 0 Å². The van der Waals surface area contributed by atoms with Crippen molar-refractivity contribution in [2.24, 2.45) is 10.2 Å². The molecule has 1 aromatic heterocycles. The van der Waals surface area contributed by atoms with Crippen LogP contribution in [0.25, 0.3) is 0 Å². The molecule has 6 nitrogen and oxygen atoms in total. The van der Waals surface area contributed by atoms with Gasteiger partial charge in [-0.15, -0.1) is 5.11 Å². The summed E-state index contributed by atoms with van der Waals surface area (Å²) in [6.45, 7) is 1.86. The topological polar surface area (TPSA) is 105 Å². The Morgan fingerprint density at radius 1 is 1.33 bits per heavy atom. The predicted molar refractivity (Wildman–Crippen MR) is 75.4 cm³/mol. The Kier molecular flexibility index (Phi) is 3.33. The number of hydrogen-bond donors (Lipinski definition) is 3. The highest BCUT2D eigenvalue weighted by Crippen LogP contribution is 2.28. The van der Waals surface area contributed by atoms with Crippen LogP contribution in [0.1, 0.15) is 12.5 Å². The second-order valence-electron chi connectivity index (χ2n) is 3.68. The largest absolute Gasteiger partial charge is 0.382 e. The maximum atomic E-state index is 5.61. The molecule has 0 saturated heterocycles. The van der Waals surface area contributed by atoms with Gasteiger partial charge in [-0.05, 0) is 24.6 Å². The van der Waals surface area contributed by atoms with E-state index in [0.29, 0.717) is 17.2 Å². The van der Waals surface area contributed by atoms with Gasteiger partial charge in [-0.1, -0.05) is 24.4 Å². The Morgan fingerprint density at radius 3 is 2.72 bits per heavy atom. The Morgan fingerprint density at radius 2 is 2.11 bits per heavy atom. The van der Waals surface area contributed by atoms with E-state index in [2.05, 4.69) is 20.4 Å². The molecule has 0 atom stereocenters. The van der Waals surface area contributed by atoms with Gasteiger partial charge in [-0.2, -0.15) is 10.2 Å². The van der Waals surface area contributed by atoms with Gasteiger partial charge in [0.2, 0.25) is 0 Å². The van der Waals surface area contributed by atoms with Crippen molar-refractivity contribution in [2.45, 2.75) is 6.92 Å². The minimum Gasteiger partial charge on any atom is -0.382 e. The summed E-state index contributed by atoms with van der Waals surface area (Å²) in [6.07, 6.45) is 0. The number of nitrogens with zero attached hydrogens (tertiary/aromatic N) is 3. The van der Waals surface area contributed by atoms with Crippen molar-refractivity contribution in [1.29, 1.82) is 0 Å². The Hall–Kier alpha value is -2.28. The smallest absolute Gasteiger partial charge is 0.175 e. The lowest BCUT2D eigenvalue weighted by atomic mass is 10.1. The maximum Gasteiger partial charge on any atom is 0.175 e. The molecule has 0 amide bonds. The fourth-order valence-corrected chi connectivity index (χ4v) is 1.49. The van der Waals surface area contributed by atoms with E-state index in [-0.39, 0.29) is 5.82 Å². The second kappa shape index (κ2) is 4.92. The van der Waals surface area contributed by atoms with Crippen molar-refractivity contribution in [2.75, 3.05) is 11.5 Å². The monoisotopic (exact) mass is 260 g/mol. The number of thiocarbonyl (C=S) groups is 1. The molecular formula is C11H12N6S. The van der Waals surface area contributed by atoms with Gasteiger partial charge in [0.1, 0.15) is 5.82 Å². The molecule has 0 bridgehead atoms. The highest BCUT2D eigenvalue weighted by atomic mass is 32.1. The average molecular weight is 260 g/mol. The minimum atomic E-state index is 0.221. The van der Waals surface area contributed by atoms with Gasteiger partial charge in [0.05, 0.1) is 5.69 Å². The van der Waals surface area contributed by atoms with Gasteiger partial charge in [-0.25, -0.2) is 0 Å². The average Bonchev–Trinajstić information content (AvgIpc) is 2.67. The third-order valence-corrected chi connectivity index (χ3v) is 2.55. The van der Waals surface area contributed by atoms with Crippen molar-refractivity contribution in [1.82, 2.24) is 10.2 Å². The predicted octanol–water partition coefficient (Wildman–Crippen LogP) is 2.73. The third-order valence-electron chi connectivity index (χ3n) is 2.31.